The number of aliphatic hydroxyl groups is 2. The maximum atomic E-state index is 12.5. The summed E-state index contributed by atoms with van der Waals surface area (Å²) < 4.78 is 5.40. The van der Waals surface area contributed by atoms with Crippen molar-refractivity contribution >= 4 is 11.9 Å². The molecule has 0 aliphatic carbocycles. The highest BCUT2D eigenvalue weighted by molar-refractivity contribution is 5.76. The van der Waals surface area contributed by atoms with Crippen molar-refractivity contribution in [1.82, 2.24) is 5.32 Å². The average Bonchev–Trinajstić information content (AvgIpc) is 3.36. The van der Waals surface area contributed by atoms with Gasteiger partial charge in [0, 0.05) is 12.8 Å². The molecule has 0 aromatic rings. The Labute approximate surface area is 436 Å². The van der Waals surface area contributed by atoms with Gasteiger partial charge in [-0.1, -0.05) is 281 Å². The van der Waals surface area contributed by atoms with Gasteiger partial charge in [-0.05, 0) is 77.0 Å². The second kappa shape index (κ2) is 59.4. The van der Waals surface area contributed by atoms with Crippen LogP contribution >= 0.6 is 0 Å². The normalized spacial score (nSPS) is 12.9. The van der Waals surface area contributed by atoms with Crippen molar-refractivity contribution in [2.24, 2.45) is 0 Å². The molecule has 0 aromatic carbocycles. The molecule has 0 saturated heterocycles. The number of rotatable bonds is 57. The fourth-order valence-electron chi connectivity index (χ4n) is 9.35. The van der Waals surface area contributed by atoms with Crippen LogP contribution in [0.5, 0.6) is 0 Å². The zero-order valence-electron chi connectivity index (χ0n) is 46.7. The summed E-state index contributed by atoms with van der Waals surface area (Å²) >= 11 is 0. The number of hydrogen-bond acceptors (Lipinski definition) is 5. The molecular formula is C64H119NO5. The summed E-state index contributed by atoms with van der Waals surface area (Å²) in [6, 6.07) is -0.633. The molecule has 0 radical (unpaired) electrons. The summed E-state index contributed by atoms with van der Waals surface area (Å²) in [6.45, 7) is 4.79. The highest BCUT2D eigenvalue weighted by atomic mass is 16.5. The Morgan fingerprint density at radius 2 is 0.714 bits per heavy atom. The van der Waals surface area contributed by atoms with Crippen molar-refractivity contribution in [2.45, 2.75) is 334 Å². The fraction of sp³-hybridized carbons (Fsp3) is 0.844. The minimum atomic E-state index is -0.849. The van der Waals surface area contributed by atoms with Crippen molar-refractivity contribution < 1.29 is 24.5 Å². The Morgan fingerprint density at radius 3 is 1.11 bits per heavy atom. The van der Waals surface area contributed by atoms with E-state index >= 15 is 0 Å². The Hall–Kier alpha value is -2.18. The summed E-state index contributed by atoms with van der Waals surface area (Å²) in [4.78, 5) is 24.5. The van der Waals surface area contributed by atoms with Crippen molar-refractivity contribution in [3.63, 3.8) is 0 Å². The maximum absolute atomic E-state index is 12.5. The number of hydrogen-bond donors (Lipinski definition) is 3. The second-order valence-corrected chi connectivity index (χ2v) is 21.0. The Balaban J connectivity index is 3.49. The smallest absolute Gasteiger partial charge is 0.305 e. The highest BCUT2D eigenvalue weighted by Gasteiger charge is 2.18. The van der Waals surface area contributed by atoms with Crippen LogP contribution in [0.2, 0.25) is 0 Å². The molecule has 70 heavy (non-hydrogen) atoms. The summed E-state index contributed by atoms with van der Waals surface area (Å²) in [5.74, 6) is -0.117. The summed E-state index contributed by atoms with van der Waals surface area (Å²) in [7, 11) is 0. The van der Waals surface area contributed by atoms with E-state index in [-0.39, 0.29) is 18.5 Å². The van der Waals surface area contributed by atoms with Gasteiger partial charge < -0.3 is 20.3 Å². The maximum Gasteiger partial charge on any atom is 0.305 e. The summed E-state index contributed by atoms with van der Waals surface area (Å²) in [5, 5.41) is 23.2. The largest absolute Gasteiger partial charge is 0.465 e. The first kappa shape index (κ1) is 67.8. The van der Waals surface area contributed by atoms with Crippen LogP contribution in [-0.4, -0.2) is 47.4 Å². The van der Waals surface area contributed by atoms with Crippen LogP contribution in [-0.2, 0) is 14.3 Å². The lowest BCUT2D eigenvalue weighted by molar-refractivity contribution is -0.143. The predicted octanol–water partition coefficient (Wildman–Crippen LogP) is 19.4. The van der Waals surface area contributed by atoms with E-state index in [0.717, 1.165) is 51.4 Å². The Bertz CT molecular complexity index is 1180. The van der Waals surface area contributed by atoms with Gasteiger partial charge in [0.25, 0.3) is 0 Å². The van der Waals surface area contributed by atoms with E-state index in [1.807, 2.05) is 6.08 Å². The molecule has 2 unspecified atom stereocenters. The van der Waals surface area contributed by atoms with Crippen LogP contribution in [0.25, 0.3) is 0 Å². The number of ether oxygens (including phenoxy) is 1. The van der Waals surface area contributed by atoms with E-state index in [1.54, 1.807) is 6.08 Å². The third-order valence-corrected chi connectivity index (χ3v) is 14.1. The first-order valence-corrected chi connectivity index (χ1v) is 30.9. The number of nitrogens with one attached hydrogen (secondary N) is 1. The van der Waals surface area contributed by atoms with Crippen molar-refractivity contribution in [3.05, 3.63) is 48.6 Å². The molecule has 3 N–H and O–H groups in total. The van der Waals surface area contributed by atoms with Crippen molar-refractivity contribution in [3.8, 4) is 0 Å². The van der Waals surface area contributed by atoms with Crippen LogP contribution in [0.4, 0.5) is 0 Å². The van der Waals surface area contributed by atoms with Gasteiger partial charge in [-0.15, -0.1) is 0 Å². The van der Waals surface area contributed by atoms with E-state index in [2.05, 4.69) is 55.6 Å². The molecule has 0 fully saturated rings. The van der Waals surface area contributed by atoms with Gasteiger partial charge in [0.15, 0.2) is 0 Å². The van der Waals surface area contributed by atoms with Gasteiger partial charge in [-0.2, -0.15) is 0 Å². The second-order valence-electron chi connectivity index (χ2n) is 21.0. The lowest BCUT2D eigenvalue weighted by Crippen LogP contribution is -2.45. The molecule has 0 aliphatic heterocycles. The number of unbranched alkanes of at least 4 members (excludes halogenated alkanes) is 40. The van der Waals surface area contributed by atoms with Gasteiger partial charge >= 0.3 is 5.97 Å². The molecule has 0 aliphatic rings. The van der Waals surface area contributed by atoms with Crippen molar-refractivity contribution in [2.75, 3.05) is 13.2 Å². The van der Waals surface area contributed by atoms with Gasteiger partial charge in [0.2, 0.25) is 5.91 Å². The molecule has 0 heterocycles. The average molecular weight is 983 g/mol. The van der Waals surface area contributed by atoms with E-state index < -0.39 is 12.1 Å². The highest BCUT2D eigenvalue weighted by Crippen LogP contribution is 2.17. The number of carbonyl (C=O) groups is 2. The molecule has 410 valence electrons. The summed E-state index contributed by atoms with van der Waals surface area (Å²) in [5.41, 5.74) is 0. The van der Waals surface area contributed by atoms with Crippen molar-refractivity contribution in [1.29, 1.82) is 0 Å². The molecule has 0 rings (SSSR count). The molecule has 0 bridgehead atoms. The zero-order chi connectivity index (χ0) is 50.7. The van der Waals surface area contributed by atoms with Gasteiger partial charge in [0.05, 0.1) is 25.4 Å². The lowest BCUT2D eigenvalue weighted by atomic mass is 10.0. The van der Waals surface area contributed by atoms with E-state index in [1.165, 1.54) is 244 Å². The molecule has 0 saturated carbocycles. The van der Waals surface area contributed by atoms with E-state index in [9.17, 15) is 19.8 Å². The number of allylic oxidation sites excluding steroid dienone is 6. The van der Waals surface area contributed by atoms with Gasteiger partial charge in [-0.25, -0.2) is 0 Å². The molecule has 6 heteroatoms. The number of esters is 1. The fourth-order valence-corrected chi connectivity index (χ4v) is 9.35. The van der Waals surface area contributed by atoms with Crippen LogP contribution in [0.3, 0.4) is 0 Å². The molecular weight excluding hydrogens is 863 g/mol. The zero-order valence-corrected chi connectivity index (χ0v) is 46.7. The SMILES string of the molecule is CCCCCC/C=C\CCCCCCCC(=O)OCC/C=C\C/C=C\CCCCCCCCCCCCCCCCC(=O)NC(CO)C(O)/C=C/CCCCCCCCCCCCCCCCCCC. The molecule has 1 amide bonds. The molecule has 2 atom stereocenters. The quantitative estimate of drug-likeness (QED) is 0.0321. The van der Waals surface area contributed by atoms with Crippen LogP contribution in [0.15, 0.2) is 48.6 Å². The van der Waals surface area contributed by atoms with Crippen LogP contribution < -0.4 is 5.32 Å². The standard InChI is InChI=1S/C64H119NO5/c1-3-5-7-9-11-13-15-17-18-19-23-26-29-33-36-40-44-48-52-56-62(67)61(60-66)65-63(68)57-53-49-45-41-37-34-30-27-24-21-20-22-25-28-31-35-39-43-47-51-55-59-70-64(69)58-54-50-46-42-38-32-16-14-12-10-8-6-4-2/h14,16,35,39,47,51-52,56,61-62,66-67H,3-13,15,17-34,36-38,40-46,48-50,53-55,57-60H2,1-2H3,(H,65,68)/b16-14-,39-35-,51-47-,56-52+. The topological polar surface area (TPSA) is 95.9 Å². The number of carbonyl (C=O) groups excluding carboxylic acids is 2. The molecule has 0 aromatic heterocycles. The monoisotopic (exact) mass is 982 g/mol. The Morgan fingerprint density at radius 1 is 0.400 bits per heavy atom. The number of aliphatic hydroxyl groups excluding tert-OH is 2. The molecule has 6 nitrogen and oxygen atoms in total. The number of amides is 1. The molecule has 0 spiro atoms. The minimum Gasteiger partial charge on any atom is -0.465 e. The van der Waals surface area contributed by atoms with Crippen LogP contribution in [0, 0.1) is 0 Å². The first-order chi connectivity index (χ1) is 34.5. The lowest BCUT2D eigenvalue weighted by Gasteiger charge is -2.20. The predicted molar refractivity (Wildman–Crippen MR) is 306 cm³/mol. The van der Waals surface area contributed by atoms with E-state index in [0.29, 0.717) is 19.4 Å². The van der Waals surface area contributed by atoms with Gasteiger partial charge in [0.1, 0.15) is 0 Å². The van der Waals surface area contributed by atoms with Crippen LogP contribution in [0.1, 0.15) is 322 Å². The first-order valence-electron chi connectivity index (χ1n) is 30.9. The summed E-state index contributed by atoms with van der Waals surface area (Å²) in [6.07, 6.45) is 75.9. The van der Waals surface area contributed by atoms with E-state index in [4.69, 9.17) is 4.74 Å². The Kier molecular flexibility index (Phi) is 57.5. The third kappa shape index (κ3) is 55.1. The van der Waals surface area contributed by atoms with Gasteiger partial charge in [-0.3, -0.25) is 9.59 Å². The minimum absolute atomic E-state index is 0.0453. The third-order valence-electron chi connectivity index (χ3n) is 14.1.